The monoisotopic (exact) mass is 595 g/mol. The summed E-state index contributed by atoms with van der Waals surface area (Å²) in [6.07, 6.45) is 4.00. The molecule has 0 spiro atoms. The van der Waals surface area contributed by atoms with Crippen molar-refractivity contribution in [1.29, 1.82) is 0 Å². The van der Waals surface area contributed by atoms with Crippen LogP contribution in [0.4, 0.5) is 10.2 Å². The van der Waals surface area contributed by atoms with Crippen LogP contribution in [0.2, 0.25) is 10.0 Å². The molecule has 4 aromatic rings. The van der Waals surface area contributed by atoms with Crippen molar-refractivity contribution < 1.29 is 14.0 Å². The number of halogens is 3. The number of rotatable bonds is 6. The van der Waals surface area contributed by atoms with Gasteiger partial charge < -0.3 is 10.2 Å². The molecule has 41 heavy (non-hydrogen) atoms. The standard InChI is InChI=1S/C29H28Cl2FN7O2/c1-29(34-14-16-5-6-17(21(32)13-16)18-7-8-23(40)36-28(18)41)9-11-39(12-10-29)22-15-33-26-25(37-38-27(26)35-22)19-3-2-4-20(30)24(19)31/h2-6,13,15,18,34H,7-12,14H2,1H3,(H,35,37,38)(H,36,40,41). The zero-order chi connectivity index (χ0) is 28.7. The van der Waals surface area contributed by atoms with Crippen LogP contribution in [0.3, 0.4) is 0 Å². The van der Waals surface area contributed by atoms with Gasteiger partial charge >= 0.3 is 0 Å². The van der Waals surface area contributed by atoms with E-state index in [1.54, 1.807) is 18.3 Å². The van der Waals surface area contributed by atoms with Crippen LogP contribution in [-0.4, -0.2) is 50.6 Å². The Morgan fingerprint density at radius 1 is 1.17 bits per heavy atom. The summed E-state index contributed by atoms with van der Waals surface area (Å²) in [6, 6.07) is 10.4. The topological polar surface area (TPSA) is 116 Å². The molecule has 2 aromatic heterocycles. The number of carbonyl (C=O) groups excluding carboxylic acids is 2. The van der Waals surface area contributed by atoms with Crippen molar-refractivity contribution in [2.45, 2.75) is 50.6 Å². The molecule has 212 valence electrons. The lowest BCUT2D eigenvalue weighted by molar-refractivity contribution is -0.134. The quantitative estimate of drug-likeness (QED) is 0.264. The van der Waals surface area contributed by atoms with Crippen molar-refractivity contribution >= 4 is 52.0 Å². The minimum Gasteiger partial charge on any atom is -0.355 e. The lowest BCUT2D eigenvalue weighted by Gasteiger charge is -2.40. The van der Waals surface area contributed by atoms with E-state index in [1.807, 2.05) is 18.2 Å². The van der Waals surface area contributed by atoms with Crippen molar-refractivity contribution in [1.82, 2.24) is 30.8 Å². The molecule has 2 aliphatic rings. The smallest absolute Gasteiger partial charge is 0.234 e. The van der Waals surface area contributed by atoms with Gasteiger partial charge in [0.15, 0.2) is 0 Å². The van der Waals surface area contributed by atoms with E-state index in [-0.39, 0.29) is 17.9 Å². The number of H-pyrrole nitrogens is 1. The fourth-order valence-electron chi connectivity index (χ4n) is 5.50. The number of anilines is 1. The van der Waals surface area contributed by atoms with E-state index in [0.717, 1.165) is 37.3 Å². The first kappa shape index (κ1) is 27.6. The number of nitrogens with zero attached hydrogens (tertiary/aromatic N) is 4. The molecule has 0 saturated carbocycles. The number of imide groups is 1. The Kier molecular flexibility index (Phi) is 7.39. The number of nitrogens with one attached hydrogen (secondary N) is 3. The molecule has 6 rings (SSSR count). The van der Waals surface area contributed by atoms with Crippen molar-refractivity contribution in [3.8, 4) is 11.3 Å². The van der Waals surface area contributed by atoms with Crippen LogP contribution in [0, 0.1) is 5.82 Å². The van der Waals surface area contributed by atoms with Gasteiger partial charge in [0.2, 0.25) is 17.5 Å². The fourth-order valence-corrected chi connectivity index (χ4v) is 5.89. The van der Waals surface area contributed by atoms with E-state index in [1.165, 1.54) is 6.07 Å². The minimum absolute atomic E-state index is 0.143. The predicted molar refractivity (Wildman–Crippen MR) is 155 cm³/mol. The highest BCUT2D eigenvalue weighted by Crippen LogP contribution is 2.35. The third kappa shape index (κ3) is 5.51. The molecule has 12 heteroatoms. The Hall–Kier alpha value is -3.60. The molecular weight excluding hydrogens is 568 g/mol. The second kappa shape index (κ2) is 11.0. The minimum atomic E-state index is -0.637. The third-order valence-corrected chi connectivity index (χ3v) is 8.88. The summed E-state index contributed by atoms with van der Waals surface area (Å²) in [5.41, 5.74) is 3.50. The number of aromatic nitrogens is 4. The van der Waals surface area contributed by atoms with Crippen LogP contribution in [0.15, 0.2) is 42.6 Å². The number of piperidine rings is 2. The zero-order valence-corrected chi connectivity index (χ0v) is 23.8. The van der Waals surface area contributed by atoms with Crippen LogP contribution < -0.4 is 15.5 Å². The van der Waals surface area contributed by atoms with E-state index in [9.17, 15) is 14.0 Å². The molecule has 0 bridgehead atoms. The highest BCUT2D eigenvalue weighted by Gasteiger charge is 2.32. The first-order chi connectivity index (χ1) is 19.7. The second-order valence-corrected chi connectivity index (χ2v) is 11.6. The number of aromatic amines is 1. The summed E-state index contributed by atoms with van der Waals surface area (Å²) in [7, 11) is 0. The third-order valence-electron chi connectivity index (χ3n) is 8.06. The van der Waals surface area contributed by atoms with Crippen molar-refractivity contribution in [3.63, 3.8) is 0 Å². The van der Waals surface area contributed by atoms with E-state index < -0.39 is 17.6 Å². The molecule has 1 unspecified atom stereocenters. The summed E-state index contributed by atoms with van der Waals surface area (Å²) in [6.45, 7) is 4.20. The maximum atomic E-state index is 14.9. The zero-order valence-electron chi connectivity index (χ0n) is 22.3. The van der Waals surface area contributed by atoms with Crippen LogP contribution in [0.25, 0.3) is 22.4 Å². The molecule has 2 saturated heterocycles. The van der Waals surface area contributed by atoms with Gasteiger partial charge in [-0.05, 0) is 43.9 Å². The number of carbonyl (C=O) groups is 2. The molecule has 0 radical (unpaired) electrons. The van der Waals surface area contributed by atoms with Crippen LogP contribution in [-0.2, 0) is 16.1 Å². The van der Waals surface area contributed by atoms with Crippen molar-refractivity contribution in [2.24, 2.45) is 0 Å². The van der Waals surface area contributed by atoms with Crippen molar-refractivity contribution in [2.75, 3.05) is 18.0 Å². The van der Waals surface area contributed by atoms with Crippen LogP contribution in [0.1, 0.15) is 49.7 Å². The Morgan fingerprint density at radius 2 is 1.98 bits per heavy atom. The van der Waals surface area contributed by atoms with Crippen molar-refractivity contribution in [3.05, 3.63) is 69.6 Å². The Balaban J connectivity index is 1.08. The van der Waals surface area contributed by atoms with Gasteiger partial charge in [-0.2, -0.15) is 5.10 Å². The van der Waals surface area contributed by atoms with Gasteiger partial charge in [0.25, 0.3) is 0 Å². The number of hydrogen-bond acceptors (Lipinski definition) is 7. The van der Waals surface area contributed by atoms with E-state index >= 15 is 0 Å². The second-order valence-electron chi connectivity index (χ2n) is 10.9. The molecule has 1 atom stereocenters. The summed E-state index contributed by atoms with van der Waals surface area (Å²) >= 11 is 12.6. The highest BCUT2D eigenvalue weighted by molar-refractivity contribution is 6.43. The first-order valence-corrected chi connectivity index (χ1v) is 14.2. The van der Waals surface area contributed by atoms with Gasteiger partial charge in [-0.3, -0.25) is 20.0 Å². The summed E-state index contributed by atoms with van der Waals surface area (Å²) in [5.74, 6) is -1.06. The van der Waals surface area contributed by atoms with Gasteiger partial charge in [-0.25, -0.2) is 14.4 Å². The molecule has 4 heterocycles. The summed E-state index contributed by atoms with van der Waals surface area (Å²) in [4.78, 5) is 35.1. The number of hydrogen-bond donors (Lipinski definition) is 3. The average molecular weight is 596 g/mol. The molecule has 2 amide bonds. The van der Waals surface area contributed by atoms with Gasteiger partial charge in [0.05, 0.1) is 27.9 Å². The van der Waals surface area contributed by atoms with Gasteiger partial charge in [0.1, 0.15) is 17.2 Å². The van der Waals surface area contributed by atoms with Gasteiger partial charge in [-0.15, -0.1) is 0 Å². The maximum absolute atomic E-state index is 14.9. The van der Waals surface area contributed by atoms with E-state index in [0.29, 0.717) is 51.0 Å². The largest absolute Gasteiger partial charge is 0.355 e. The average Bonchev–Trinajstić information content (AvgIpc) is 3.38. The van der Waals surface area contributed by atoms with Gasteiger partial charge in [-0.1, -0.05) is 47.5 Å². The normalized spacial score (nSPS) is 19.0. The Labute approximate surface area is 245 Å². The molecule has 2 aliphatic heterocycles. The number of amides is 2. The molecule has 2 fully saturated rings. The van der Waals surface area contributed by atoms with Crippen LogP contribution in [0.5, 0.6) is 0 Å². The van der Waals surface area contributed by atoms with Gasteiger partial charge in [0, 0.05) is 42.7 Å². The Bertz CT molecular complexity index is 1650. The molecule has 0 aliphatic carbocycles. The van der Waals surface area contributed by atoms with E-state index in [4.69, 9.17) is 28.2 Å². The number of fused-ring (bicyclic) bond motifs is 1. The molecule has 3 N–H and O–H groups in total. The lowest BCUT2D eigenvalue weighted by Crippen LogP contribution is -2.51. The Morgan fingerprint density at radius 3 is 2.73 bits per heavy atom. The maximum Gasteiger partial charge on any atom is 0.234 e. The molecule has 9 nitrogen and oxygen atoms in total. The lowest BCUT2D eigenvalue weighted by atomic mass is 9.88. The SMILES string of the molecule is CC1(NCc2ccc(C3CCC(=O)NC3=O)c(F)c2)CCN(c2cnc3c(-c4cccc(Cl)c4Cl)[nH]nc3n2)CC1. The predicted octanol–water partition coefficient (Wildman–Crippen LogP) is 5.13. The van der Waals surface area contributed by atoms with Crippen LogP contribution >= 0.6 is 23.2 Å². The molecule has 2 aromatic carbocycles. The fraction of sp³-hybridized carbons (Fsp3) is 0.345. The summed E-state index contributed by atoms with van der Waals surface area (Å²) in [5, 5.41) is 14.1. The summed E-state index contributed by atoms with van der Waals surface area (Å²) < 4.78 is 14.9. The number of benzene rings is 2. The van der Waals surface area contributed by atoms with E-state index in [2.05, 4.69) is 37.6 Å². The highest BCUT2D eigenvalue weighted by atomic mass is 35.5. The first-order valence-electron chi connectivity index (χ1n) is 13.5. The molecular formula is C29H28Cl2FN7O2.